The molecule has 0 amide bonds. The molecule has 4 aromatic rings. The Labute approximate surface area is 225 Å². The maximum atomic E-state index is 15.0. The molecule has 0 aliphatic carbocycles. The third-order valence-electron chi connectivity index (χ3n) is 5.92. The van der Waals surface area contributed by atoms with Crippen LogP contribution in [0.2, 0.25) is 5.15 Å². The summed E-state index contributed by atoms with van der Waals surface area (Å²) in [6, 6.07) is 4.51. The molecule has 0 aromatic carbocycles. The molecular formula is C26H30ClFN8O2. The fourth-order valence-corrected chi connectivity index (χ4v) is 4.08. The van der Waals surface area contributed by atoms with Crippen LogP contribution < -0.4 is 15.8 Å². The van der Waals surface area contributed by atoms with E-state index >= 15 is 0 Å². The zero-order valence-electron chi connectivity index (χ0n) is 21.8. The number of nitrogens with two attached hydrogens (primary N) is 1. The molecule has 38 heavy (non-hydrogen) atoms. The number of aromatic nitrogens is 6. The highest BCUT2D eigenvalue weighted by atomic mass is 35.5. The smallest absolute Gasteiger partial charge is 0.223 e. The van der Waals surface area contributed by atoms with Gasteiger partial charge in [0.25, 0.3) is 0 Å². The Morgan fingerprint density at radius 1 is 1.24 bits per heavy atom. The van der Waals surface area contributed by atoms with Crippen molar-refractivity contribution in [2.45, 2.75) is 45.8 Å². The predicted octanol–water partition coefficient (Wildman–Crippen LogP) is 4.51. The largest absolute Gasteiger partial charge is 0.474 e. The van der Waals surface area contributed by atoms with Crippen LogP contribution in [-0.4, -0.2) is 47.5 Å². The molecule has 0 spiro atoms. The van der Waals surface area contributed by atoms with E-state index < -0.39 is 11.4 Å². The van der Waals surface area contributed by atoms with Crippen LogP contribution >= 0.6 is 11.6 Å². The van der Waals surface area contributed by atoms with Crippen molar-refractivity contribution in [3.8, 4) is 28.5 Å². The molecule has 0 saturated carbocycles. The maximum absolute atomic E-state index is 15.0. The van der Waals surface area contributed by atoms with Crippen LogP contribution in [0.25, 0.3) is 22.6 Å². The monoisotopic (exact) mass is 540 g/mol. The van der Waals surface area contributed by atoms with E-state index in [1.165, 1.54) is 18.5 Å². The number of aliphatic hydroxyl groups is 1. The number of rotatable bonds is 9. The Morgan fingerprint density at radius 2 is 2.00 bits per heavy atom. The normalized spacial score (nSPS) is 12.4. The quantitative estimate of drug-likeness (QED) is 0.262. The molecule has 0 bridgehead atoms. The molecule has 12 heteroatoms. The predicted molar refractivity (Wildman–Crippen MR) is 144 cm³/mol. The average molecular weight is 541 g/mol. The number of pyridine rings is 2. The van der Waals surface area contributed by atoms with Crippen molar-refractivity contribution in [1.82, 2.24) is 29.7 Å². The highest BCUT2D eigenvalue weighted by Gasteiger charge is 2.22. The number of halogens is 2. The van der Waals surface area contributed by atoms with Crippen molar-refractivity contribution in [2.24, 2.45) is 7.05 Å². The fourth-order valence-electron chi connectivity index (χ4n) is 3.92. The number of hydrogen-bond donors (Lipinski definition) is 3. The summed E-state index contributed by atoms with van der Waals surface area (Å²) in [7, 11) is 1.79. The number of anilines is 2. The van der Waals surface area contributed by atoms with E-state index in [4.69, 9.17) is 22.1 Å². The second-order valence-electron chi connectivity index (χ2n) is 9.50. The van der Waals surface area contributed by atoms with Crippen LogP contribution in [0.15, 0.2) is 36.8 Å². The Balaban J connectivity index is 1.49. The molecule has 0 fully saturated rings. The minimum absolute atomic E-state index is 0.103. The number of aryl methyl sites for hydroxylation is 2. The second kappa shape index (κ2) is 10.9. The maximum Gasteiger partial charge on any atom is 0.223 e. The summed E-state index contributed by atoms with van der Waals surface area (Å²) >= 11 is 6.13. The van der Waals surface area contributed by atoms with Gasteiger partial charge in [0.1, 0.15) is 28.0 Å². The van der Waals surface area contributed by atoms with Gasteiger partial charge in [-0.05, 0) is 45.9 Å². The third kappa shape index (κ3) is 6.00. The third-order valence-corrected chi connectivity index (χ3v) is 6.13. The van der Waals surface area contributed by atoms with Gasteiger partial charge in [0.15, 0.2) is 5.82 Å². The van der Waals surface area contributed by atoms with E-state index in [1.54, 1.807) is 43.9 Å². The summed E-state index contributed by atoms with van der Waals surface area (Å²) in [5.74, 6) is 0.758. The van der Waals surface area contributed by atoms with Crippen molar-refractivity contribution in [3.05, 3.63) is 59.0 Å². The molecule has 4 N–H and O–H groups in total. The van der Waals surface area contributed by atoms with E-state index in [0.29, 0.717) is 52.9 Å². The molecule has 4 heterocycles. The lowest BCUT2D eigenvalue weighted by molar-refractivity contribution is 0.0778. The molecule has 4 rings (SSSR count). The van der Waals surface area contributed by atoms with Gasteiger partial charge in [0.05, 0.1) is 17.4 Å². The van der Waals surface area contributed by atoms with Gasteiger partial charge in [-0.2, -0.15) is 5.10 Å². The van der Waals surface area contributed by atoms with Gasteiger partial charge >= 0.3 is 0 Å². The molecule has 4 aromatic heterocycles. The van der Waals surface area contributed by atoms with E-state index in [-0.39, 0.29) is 17.0 Å². The van der Waals surface area contributed by atoms with Gasteiger partial charge in [-0.1, -0.05) is 11.6 Å². The van der Waals surface area contributed by atoms with Crippen molar-refractivity contribution < 1.29 is 14.2 Å². The lowest BCUT2D eigenvalue weighted by Gasteiger charge is -2.19. The minimum Gasteiger partial charge on any atom is -0.474 e. The first-order chi connectivity index (χ1) is 17.9. The molecule has 0 saturated heterocycles. The van der Waals surface area contributed by atoms with Crippen LogP contribution in [0.5, 0.6) is 5.88 Å². The Hall–Kier alpha value is -3.83. The fraction of sp³-hybridized carbons (Fsp3) is 0.346. The summed E-state index contributed by atoms with van der Waals surface area (Å²) in [5, 5.41) is 18.2. The standard InChI is InChI=1S/C26H30ClFN8O2/c1-14(38-25-22(15(2)35-36(25)5)24-31-9-7-21(29)34-24)6-8-30-19-11-20(27)32-13-17(19)23-18(28)10-16(12-33-23)26(3,4)37/h7,9-14,37H,6,8H2,1-5H3,(H,30,32)(H2,29,31,34)/t14-/m1/s1. The average Bonchev–Trinajstić information content (AvgIpc) is 3.11. The Kier molecular flexibility index (Phi) is 7.79. The van der Waals surface area contributed by atoms with Gasteiger partial charge in [-0.25, -0.2) is 24.0 Å². The van der Waals surface area contributed by atoms with Gasteiger partial charge in [0, 0.05) is 55.4 Å². The molecule has 0 aliphatic rings. The molecule has 10 nitrogen and oxygen atoms in total. The number of nitrogens with one attached hydrogen (secondary N) is 1. The number of ether oxygens (including phenoxy) is 1. The molecule has 1 atom stereocenters. The lowest BCUT2D eigenvalue weighted by Crippen LogP contribution is -2.19. The summed E-state index contributed by atoms with van der Waals surface area (Å²) in [6.07, 6.45) is 4.88. The van der Waals surface area contributed by atoms with Crippen LogP contribution in [0, 0.1) is 12.7 Å². The van der Waals surface area contributed by atoms with Crippen LogP contribution in [0.3, 0.4) is 0 Å². The van der Waals surface area contributed by atoms with Gasteiger partial charge in [-0.3, -0.25) is 4.98 Å². The zero-order chi connectivity index (χ0) is 27.6. The number of hydrogen-bond acceptors (Lipinski definition) is 9. The van der Waals surface area contributed by atoms with Gasteiger partial charge in [-0.15, -0.1) is 0 Å². The van der Waals surface area contributed by atoms with Gasteiger partial charge in [0.2, 0.25) is 5.88 Å². The molecular weight excluding hydrogens is 511 g/mol. The van der Waals surface area contributed by atoms with Gasteiger partial charge < -0.3 is 20.9 Å². The van der Waals surface area contributed by atoms with Crippen molar-refractivity contribution in [3.63, 3.8) is 0 Å². The second-order valence-corrected chi connectivity index (χ2v) is 9.89. The first kappa shape index (κ1) is 27.2. The van der Waals surface area contributed by atoms with E-state index in [9.17, 15) is 9.50 Å². The first-order valence-corrected chi connectivity index (χ1v) is 12.4. The van der Waals surface area contributed by atoms with E-state index in [2.05, 4.69) is 30.4 Å². The van der Waals surface area contributed by atoms with Crippen LogP contribution in [-0.2, 0) is 12.6 Å². The van der Waals surface area contributed by atoms with Crippen molar-refractivity contribution >= 4 is 23.1 Å². The number of nitrogens with zero attached hydrogens (tertiary/aromatic N) is 6. The molecule has 200 valence electrons. The lowest BCUT2D eigenvalue weighted by atomic mass is 9.99. The summed E-state index contributed by atoms with van der Waals surface area (Å²) < 4.78 is 22.9. The summed E-state index contributed by atoms with van der Waals surface area (Å²) in [6.45, 7) is 7.42. The zero-order valence-corrected chi connectivity index (χ0v) is 22.6. The highest BCUT2D eigenvalue weighted by Crippen LogP contribution is 2.33. The van der Waals surface area contributed by atoms with Crippen molar-refractivity contribution in [1.29, 1.82) is 0 Å². The summed E-state index contributed by atoms with van der Waals surface area (Å²) in [5.41, 5.74) is 7.53. The molecule has 0 aliphatic heterocycles. The Morgan fingerprint density at radius 3 is 2.68 bits per heavy atom. The molecule has 0 radical (unpaired) electrons. The van der Waals surface area contributed by atoms with Crippen molar-refractivity contribution in [2.75, 3.05) is 17.6 Å². The Bertz CT molecular complexity index is 1450. The first-order valence-electron chi connectivity index (χ1n) is 12.0. The minimum atomic E-state index is -1.21. The SMILES string of the molecule is Cc1nn(C)c(O[C@H](C)CCNc2cc(Cl)ncc2-c2ncc(C(C)(C)O)cc2F)c1-c1nccc(N)n1. The van der Waals surface area contributed by atoms with E-state index in [0.717, 1.165) is 5.69 Å². The summed E-state index contributed by atoms with van der Waals surface area (Å²) in [4.78, 5) is 17.0. The van der Waals surface area contributed by atoms with Crippen LogP contribution in [0.4, 0.5) is 15.9 Å². The topological polar surface area (TPSA) is 137 Å². The highest BCUT2D eigenvalue weighted by molar-refractivity contribution is 6.29. The number of nitrogen functional groups attached to an aromatic ring is 1. The molecule has 0 unspecified atom stereocenters. The van der Waals surface area contributed by atoms with E-state index in [1.807, 2.05) is 13.8 Å². The van der Waals surface area contributed by atoms with Crippen LogP contribution in [0.1, 0.15) is 38.4 Å².